The quantitative estimate of drug-likeness (QED) is 0.641. The number of carboxylic acid groups (broad SMARTS) is 1. The fourth-order valence-electron chi connectivity index (χ4n) is 2.20. The molecule has 1 aromatic carbocycles. The van der Waals surface area contributed by atoms with Crippen molar-refractivity contribution >= 4 is 29.2 Å². The molecule has 2 aromatic rings. The Hall–Kier alpha value is -2.40. The number of hydrogen-bond donors (Lipinski definition) is 2. The van der Waals surface area contributed by atoms with E-state index < -0.39 is 5.97 Å². The Balaban J connectivity index is 2.33. The fourth-order valence-corrected chi connectivity index (χ4v) is 3.29. The molecule has 0 spiro atoms. The highest BCUT2D eigenvalue weighted by Crippen LogP contribution is 2.31. The summed E-state index contributed by atoms with van der Waals surface area (Å²) in [6.07, 6.45) is 2.97. The van der Waals surface area contributed by atoms with Crippen molar-refractivity contribution in [3.05, 3.63) is 57.3 Å². The minimum Gasteiger partial charge on any atom is -0.507 e. The van der Waals surface area contributed by atoms with Crippen LogP contribution in [0.5, 0.6) is 5.75 Å². The lowest BCUT2D eigenvalue weighted by Gasteiger charge is -2.06. The van der Waals surface area contributed by atoms with Crippen LogP contribution in [0, 0.1) is 0 Å². The largest absolute Gasteiger partial charge is 0.507 e. The van der Waals surface area contributed by atoms with Gasteiger partial charge in [0.1, 0.15) is 5.75 Å². The van der Waals surface area contributed by atoms with Gasteiger partial charge < -0.3 is 10.2 Å². The number of carbonyl (C=O) groups excluding carboxylic acids is 1. The summed E-state index contributed by atoms with van der Waals surface area (Å²) in [6.45, 7) is 3.83. The molecule has 0 aliphatic carbocycles. The number of aromatic carboxylic acids is 1. The first-order valence-corrected chi connectivity index (χ1v) is 7.65. The Morgan fingerprint density at radius 3 is 2.45 bits per heavy atom. The molecule has 2 rings (SSSR count). The number of ketones is 1. The van der Waals surface area contributed by atoms with Crippen molar-refractivity contribution in [1.29, 1.82) is 0 Å². The predicted octanol–water partition coefficient (Wildman–Crippen LogP) is 4.17. The zero-order chi connectivity index (χ0) is 16.3. The first-order valence-electron chi connectivity index (χ1n) is 6.77. The third kappa shape index (κ3) is 3.26. The fraction of sp³-hybridized carbons (Fsp3) is 0.176. The van der Waals surface area contributed by atoms with Gasteiger partial charge in [-0.25, -0.2) is 4.79 Å². The molecule has 0 atom stereocenters. The number of para-hydroxylation sites is 1. The summed E-state index contributed by atoms with van der Waals surface area (Å²) >= 11 is 1.29. The molecule has 0 radical (unpaired) electrons. The zero-order valence-electron chi connectivity index (χ0n) is 12.2. The van der Waals surface area contributed by atoms with Gasteiger partial charge in [0, 0.05) is 10.3 Å². The van der Waals surface area contributed by atoms with Crippen LogP contribution in [0.3, 0.4) is 0 Å². The van der Waals surface area contributed by atoms with Gasteiger partial charge in [-0.05, 0) is 35.8 Å². The van der Waals surface area contributed by atoms with Crippen LogP contribution in [-0.4, -0.2) is 22.0 Å². The Morgan fingerprint density at radius 2 is 1.86 bits per heavy atom. The Labute approximate surface area is 132 Å². The molecule has 0 bridgehead atoms. The highest BCUT2D eigenvalue weighted by Gasteiger charge is 2.18. The van der Waals surface area contributed by atoms with Crippen LogP contribution in [0.15, 0.2) is 35.7 Å². The molecule has 4 nitrogen and oxygen atoms in total. The van der Waals surface area contributed by atoms with Gasteiger partial charge in [0.25, 0.3) is 0 Å². The maximum Gasteiger partial charge on any atom is 0.336 e. The molecule has 0 saturated heterocycles. The normalized spacial score (nSPS) is 11.2. The van der Waals surface area contributed by atoms with Crippen molar-refractivity contribution in [3.8, 4) is 5.75 Å². The summed E-state index contributed by atoms with van der Waals surface area (Å²) in [5.41, 5.74) is 1.22. The summed E-state index contributed by atoms with van der Waals surface area (Å²) < 4.78 is 0. The van der Waals surface area contributed by atoms with E-state index in [0.717, 1.165) is 10.4 Å². The molecule has 5 heteroatoms. The molecular formula is C17H16O4S. The number of benzene rings is 1. The molecule has 0 saturated carbocycles. The van der Waals surface area contributed by atoms with E-state index in [1.807, 2.05) is 13.8 Å². The molecule has 22 heavy (non-hydrogen) atoms. The number of allylic oxidation sites excluding steroid dienone is 1. The van der Waals surface area contributed by atoms with Gasteiger partial charge in [-0.15, -0.1) is 11.3 Å². The van der Waals surface area contributed by atoms with Crippen molar-refractivity contribution in [2.75, 3.05) is 0 Å². The molecule has 114 valence electrons. The van der Waals surface area contributed by atoms with Crippen LogP contribution in [0.1, 0.15) is 50.9 Å². The SMILES string of the molecule is CC(C)c1c(C(=O)O)csc1C=CC(=O)c1ccccc1O. The highest BCUT2D eigenvalue weighted by atomic mass is 32.1. The Kier molecular flexibility index (Phi) is 4.78. The maximum absolute atomic E-state index is 12.1. The first-order chi connectivity index (χ1) is 10.4. The second-order valence-electron chi connectivity index (χ2n) is 5.10. The van der Waals surface area contributed by atoms with E-state index in [9.17, 15) is 19.8 Å². The molecule has 0 unspecified atom stereocenters. The molecule has 0 aliphatic heterocycles. The van der Waals surface area contributed by atoms with Crippen LogP contribution in [0.25, 0.3) is 6.08 Å². The summed E-state index contributed by atoms with van der Waals surface area (Å²) in [6, 6.07) is 6.32. The van der Waals surface area contributed by atoms with Crippen molar-refractivity contribution in [2.45, 2.75) is 19.8 Å². The lowest BCUT2D eigenvalue weighted by molar-refractivity contribution is 0.0695. The van der Waals surface area contributed by atoms with E-state index in [1.54, 1.807) is 29.7 Å². The molecule has 0 aliphatic rings. The van der Waals surface area contributed by atoms with Gasteiger partial charge >= 0.3 is 5.97 Å². The average Bonchev–Trinajstić information content (AvgIpc) is 2.89. The second kappa shape index (κ2) is 6.58. The topological polar surface area (TPSA) is 74.6 Å². The highest BCUT2D eigenvalue weighted by molar-refractivity contribution is 7.11. The van der Waals surface area contributed by atoms with Gasteiger partial charge in [0.05, 0.1) is 11.1 Å². The van der Waals surface area contributed by atoms with E-state index in [2.05, 4.69) is 0 Å². The van der Waals surface area contributed by atoms with E-state index in [-0.39, 0.29) is 28.6 Å². The van der Waals surface area contributed by atoms with E-state index in [0.29, 0.717) is 0 Å². The number of aromatic hydroxyl groups is 1. The number of rotatable bonds is 5. The van der Waals surface area contributed by atoms with Crippen molar-refractivity contribution in [2.24, 2.45) is 0 Å². The zero-order valence-corrected chi connectivity index (χ0v) is 13.1. The molecule has 2 N–H and O–H groups in total. The third-order valence-electron chi connectivity index (χ3n) is 3.22. The van der Waals surface area contributed by atoms with Crippen LogP contribution in [-0.2, 0) is 0 Å². The minimum atomic E-state index is -0.966. The number of phenols is 1. The van der Waals surface area contributed by atoms with Gasteiger partial charge in [-0.1, -0.05) is 26.0 Å². The number of hydrogen-bond acceptors (Lipinski definition) is 4. The number of phenolic OH excluding ortho intramolecular Hbond substituents is 1. The van der Waals surface area contributed by atoms with E-state index in [1.165, 1.54) is 23.5 Å². The Bertz CT molecular complexity index is 741. The van der Waals surface area contributed by atoms with Crippen LogP contribution >= 0.6 is 11.3 Å². The van der Waals surface area contributed by atoms with Gasteiger partial charge in [-0.3, -0.25) is 4.79 Å². The lowest BCUT2D eigenvalue weighted by atomic mass is 9.98. The summed E-state index contributed by atoms with van der Waals surface area (Å²) in [5, 5.41) is 20.5. The molecule has 1 heterocycles. The van der Waals surface area contributed by atoms with Crippen LogP contribution < -0.4 is 0 Å². The smallest absolute Gasteiger partial charge is 0.336 e. The standard InChI is InChI=1S/C17H16O4S/c1-10(2)16-12(17(20)21)9-22-15(16)8-7-14(19)11-5-3-4-6-13(11)18/h3-10,18H,1-2H3,(H,20,21). The monoisotopic (exact) mass is 316 g/mol. The minimum absolute atomic E-state index is 0.0391. The average molecular weight is 316 g/mol. The van der Waals surface area contributed by atoms with Crippen molar-refractivity contribution < 1.29 is 19.8 Å². The van der Waals surface area contributed by atoms with Crippen LogP contribution in [0.2, 0.25) is 0 Å². The van der Waals surface area contributed by atoms with Gasteiger partial charge in [-0.2, -0.15) is 0 Å². The van der Waals surface area contributed by atoms with E-state index in [4.69, 9.17) is 0 Å². The molecular weight excluding hydrogens is 300 g/mol. The molecule has 0 fully saturated rings. The first kappa shape index (κ1) is 16.0. The molecule has 1 aromatic heterocycles. The van der Waals surface area contributed by atoms with Gasteiger partial charge in [0.15, 0.2) is 5.78 Å². The second-order valence-corrected chi connectivity index (χ2v) is 6.01. The summed E-state index contributed by atoms with van der Waals surface area (Å²) in [7, 11) is 0. The maximum atomic E-state index is 12.1. The third-order valence-corrected chi connectivity index (χ3v) is 4.19. The van der Waals surface area contributed by atoms with Crippen molar-refractivity contribution in [1.82, 2.24) is 0 Å². The van der Waals surface area contributed by atoms with E-state index >= 15 is 0 Å². The number of carbonyl (C=O) groups is 2. The molecule has 0 amide bonds. The number of carboxylic acids is 1. The predicted molar refractivity (Wildman–Crippen MR) is 86.8 cm³/mol. The van der Waals surface area contributed by atoms with Crippen molar-refractivity contribution in [3.63, 3.8) is 0 Å². The number of thiophene rings is 1. The summed E-state index contributed by atoms with van der Waals surface area (Å²) in [5.74, 6) is -1.32. The Morgan fingerprint density at radius 1 is 1.18 bits per heavy atom. The lowest BCUT2D eigenvalue weighted by Crippen LogP contribution is -2.01. The van der Waals surface area contributed by atoms with Gasteiger partial charge in [0.2, 0.25) is 0 Å². The van der Waals surface area contributed by atoms with Crippen LogP contribution in [0.4, 0.5) is 0 Å². The summed E-state index contributed by atoms with van der Waals surface area (Å²) in [4.78, 5) is 24.1.